The normalized spacial score (nSPS) is 12.4. The topological polar surface area (TPSA) is 87.6 Å². The van der Waals surface area contributed by atoms with E-state index < -0.39 is 4.92 Å². The molecule has 0 amide bonds. The minimum absolute atomic E-state index is 0.0113. The van der Waals surface area contributed by atoms with E-state index in [1.165, 1.54) is 18.2 Å². The lowest BCUT2D eigenvalue weighted by Crippen LogP contribution is -2.15. The summed E-state index contributed by atoms with van der Waals surface area (Å²) in [6, 6.07) is 4.31. The number of hydrogen-bond donors (Lipinski definition) is 1. The Balaban J connectivity index is 2.69. The van der Waals surface area contributed by atoms with Gasteiger partial charge in [-0.15, -0.1) is 0 Å². The first kappa shape index (κ1) is 13.4. The van der Waals surface area contributed by atoms with E-state index in [1.54, 1.807) is 7.11 Å². The molecule has 0 radical (unpaired) electrons. The summed E-state index contributed by atoms with van der Waals surface area (Å²) in [5.74, 6) is 0. The van der Waals surface area contributed by atoms with Gasteiger partial charge >= 0.3 is 0 Å². The van der Waals surface area contributed by atoms with Gasteiger partial charge in [0.2, 0.25) is 0 Å². The predicted molar refractivity (Wildman–Crippen MR) is 63.6 cm³/mol. The smallest absolute Gasteiger partial charge is 0.269 e. The van der Waals surface area contributed by atoms with Gasteiger partial charge in [0, 0.05) is 30.5 Å². The Bertz CT molecular complexity index is 395. The van der Waals surface area contributed by atoms with Crippen LogP contribution in [0.25, 0.3) is 0 Å². The molecule has 0 aliphatic carbocycles. The first-order valence-corrected chi connectivity index (χ1v) is 5.18. The lowest BCUT2D eigenvalue weighted by atomic mass is 10.1. The molecule has 0 saturated carbocycles. The van der Waals surface area contributed by atoms with Crippen LogP contribution >= 0.6 is 0 Å². The number of anilines is 1. The molecule has 0 aliphatic heterocycles. The van der Waals surface area contributed by atoms with Gasteiger partial charge in [0.15, 0.2) is 0 Å². The number of nitro benzene ring substituents is 1. The summed E-state index contributed by atoms with van der Waals surface area (Å²) in [5.41, 5.74) is 6.83. The lowest BCUT2D eigenvalue weighted by molar-refractivity contribution is -0.384. The van der Waals surface area contributed by atoms with Crippen molar-refractivity contribution < 1.29 is 14.4 Å². The molecule has 1 unspecified atom stereocenters. The van der Waals surface area contributed by atoms with Crippen molar-refractivity contribution in [3.8, 4) is 0 Å². The number of nitro groups is 1. The summed E-state index contributed by atoms with van der Waals surface area (Å²) in [7, 11) is 1.58. The second kappa shape index (κ2) is 6.17. The molecule has 2 N–H and O–H groups in total. The Morgan fingerprint density at radius 1 is 1.53 bits per heavy atom. The predicted octanol–water partition coefficient (Wildman–Crippen LogP) is 1.73. The van der Waals surface area contributed by atoms with E-state index in [4.69, 9.17) is 15.2 Å². The van der Waals surface area contributed by atoms with Crippen molar-refractivity contribution in [3.63, 3.8) is 0 Å². The van der Waals surface area contributed by atoms with E-state index in [0.717, 1.165) is 0 Å². The van der Waals surface area contributed by atoms with E-state index in [9.17, 15) is 10.1 Å². The minimum atomic E-state index is -0.457. The zero-order chi connectivity index (χ0) is 12.8. The maximum absolute atomic E-state index is 10.6. The molecule has 0 saturated heterocycles. The zero-order valence-electron chi connectivity index (χ0n) is 9.88. The molecule has 0 fully saturated rings. The molecule has 0 spiro atoms. The molecule has 1 atom stereocenters. The third-order valence-electron chi connectivity index (χ3n) is 2.26. The lowest BCUT2D eigenvalue weighted by Gasteiger charge is -2.12. The standard InChI is InChI=1S/C11H16N2O4/c1-8(6-16-2)17-7-9-5-10(13(14)15)3-4-11(9)12/h3-5,8H,6-7,12H2,1-2H3. The highest BCUT2D eigenvalue weighted by atomic mass is 16.6. The SMILES string of the molecule is COCC(C)OCc1cc([N+](=O)[O-])ccc1N. The third kappa shape index (κ3) is 4.01. The van der Waals surface area contributed by atoms with E-state index in [0.29, 0.717) is 17.9 Å². The Morgan fingerprint density at radius 3 is 2.82 bits per heavy atom. The van der Waals surface area contributed by atoms with Gasteiger partial charge in [-0.3, -0.25) is 10.1 Å². The van der Waals surface area contributed by atoms with Gasteiger partial charge in [-0.1, -0.05) is 0 Å². The maximum atomic E-state index is 10.6. The molecule has 1 rings (SSSR count). The number of ether oxygens (including phenoxy) is 2. The third-order valence-corrected chi connectivity index (χ3v) is 2.26. The highest BCUT2D eigenvalue weighted by Crippen LogP contribution is 2.20. The Hall–Kier alpha value is -1.66. The molecular weight excluding hydrogens is 224 g/mol. The van der Waals surface area contributed by atoms with Crippen LogP contribution in [0.3, 0.4) is 0 Å². The van der Waals surface area contributed by atoms with Crippen molar-refractivity contribution in [2.24, 2.45) is 0 Å². The van der Waals surface area contributed by atoms with Gasteiger partial charge in [0.05, 0.1) is 24.2 Å². The minimum Gasteiger partial charge on any atom is -0.398 e. The van der Waals surface area contributed by atoms with Crippen molar-refractivity contribution in [1.82, 2.24) is 0 Å². The molecule has 6 heteroatoms. The van der Waals surface area contributed by atoms with Crippen LogP contribution in [0, 0.1) is 10.1 Å². The van der Waals surface area contributed by atoms with Crippen LogP contribution in [0.5, 0.6) is 0 Å². The van der Waals surface area contributed by atoms with Crippen LogP contribution in [0.4, 0.5) is 11.4 Å². The van der Waals surface area contributed by atoms with Gasteiger partial charge in [-0.2, -0.15) is 0 Å². The van der Waals surface area contributed by atoms with Crippen molar-refractivity contribution in [1.29, 1.82) is 0 Å². The van der Waals surface area contributed by atoms with Gasteiger partial charge in [0.1, 0.15) is 0 Å². The fraction of sp³-hybridized carbons (Fsp3) is 0.455. The van der Waals surface area contributed by atoms with Crippen LogP contribution in [0.15, 0.2) is 18.2 Å². The quantitative estimate of drug-likeness (QED) is 0.464. The van der Waals surface area contributed by atoms with Crippen LogP contribution in [0.2, 0.25) is 0 Å². The highest BCUT2D eigenvalue weighted by molar-refractivity contribution is 5.52. The molecule has 1 aromatic carbocycles. The van der Waals surface area contributed by atoms with Crippen molar-refractivity contribution in [2.45, 2.75) is 19.6 Å². The fourth-order valence-electron chi connectivity index (χ4n) is 1.35. The molecule has 94 valence electrons. The fourth-order valence-corrected chi connectivity index (χ4v) is 1.35. The molecule has 0 aliphatic rings. The van der Waals surface area contributed by atoms with E-state index in [-0.39, 0.29) is 18.4 Å². The largest absolute Gasteiger partial charge is 0.398 e. The molecular formula is C11H16N2O4. The van der Waals surface area contributed by atoms with Crippen LogP contribution < -0.4 is 5.73 Å². The number of nitrogens with zero attached hydrogens (tertiary/aromatic N) is 1. The van der Waals surface area contributed by atoms with Gasteiger partial charge < -0.3 is 15.2 Å². The molecule has 1 aromatic rings. The Labute approximate surface area is 99.5 Å². The molecule has 0 bridgehead atoms. The van der Waals surface area contributed by atoms with E-state index >= 15 is 0 Å². The van der Waals surface area contributed by atoms with E-state index in [2.05, 4.69) is 0 Å². The number of hydrogen-bond acceptors (Lipinski definition) is 5. The molecule has 6 nitrogen and oxygen atoms in total. The Kier molecular flexibility index (Phi) is 4.86. The van der Waals surface area contributed by atoms with Crippen LogP contribution in [0.1, 0.15) is 12.5 Å². The zero-order valence-corrected chi connectivity index (χ0v) is 9.88. The maximum Gasteiger partial charge on any atom is 0.269 e. The van der Waals surface area contributed by atoms with Crippen molar-refractivity contribution in [3.05, 3.63) is 33.9 Å². The average Bonchev–Trinajstić information content (AvgIpc) is 2.28. The second-order valence-corrected chi connectivity index (χ2v) is 3.72. The van der Waals surface area contributed by atoms with Crippen LogP contribution in [-0.4, -0.2) is 24.7 Å². The number of non-ortho nitro benzene ring substituents is 1. The molecule has 17 heavy (non-hydrogen) atoms. The van der Waals surface area contributed by atoms with Gasteiger partial charge in [0.25, 0.3) is 5.69 Å². The van der Waals surface area contributed by atoms with Gasteiger partial charge in [-0.25, -0.2) is 0 Å². The molecule has 0 aromatic heterocycles. The average molecular weight is 240 g/mol. The number of nitrogen functional groups attached to an aromatic ring is 1. The molecule has 0 heterocycles. The van der Waals surface area contributed by atoms with Crippen molar-refractivity contribution in [2.75, 3.05) is 19.5 Å². The monoisotopic (exact) mass is 240 g/mol. The first-order valence-electron chi connectivity index (χ1n) is 5.18. The van der Waals surface area contributed by atoms with E-state index in [1.807, 2.05) is 6.92 Å². The summed E-state index contributed by atoms with van der Waals surface area (Å²) in [5, 5.41) is 10.6. The summed E-state index contributed by atoms with van der Waals surface area (Å²) >= 11 is 0. The first-order chi connectivity index (χ1) is 8.04. The number of benzene rings is 1. The van der Waals surface area contributed by atoms with Crippen molar-refractivity contribution >= 4 is 11.4 Å². The summed E-state index contributed by atoms with van der Waals surface area (Å²) in [4.78, 5) is 10.2. The summed E-state index contributed by atoms with van der Waals surface area (Å²) in [6.07, 6.45) is -0.0846. The summed E-state index contributed by atoms with van der Waals surface area (Å²) < 4.78 is 10.4. The highest BCUT2D eigenvalue weighted by Gasteiger charge is 2.10. The number of nitrogens with two attached hydrogens (primary N) is 1. The number of rotatable bonds is 6. The van der Waals surface area contributed by atoms with Crippen LogP contribution in [-0.2, 0) is 16.1 Å². The number of methoxy groups -OCH3 is 1. The second-order valence-electron chi connectivity index (χ2n) is 3.72. The Morgan fingerprint density at radius 2 is 2.24 bits per heavy atom. The summed E-state index contributed by atoms with van der Waals surface area (Å²) in [6.45, 7) is 2.56. The van der Waals surface area contributed by atoms with Gasteiger partial charge in [-0.05, 0) is 13.0 Å².